The minimum Gasteiger partial charge on any atom is -0.326 e. The lowest BCUT2D eigenvalue weighted by Crippen LogP contribution is -2.11. The Kier molecular flexibility index (Phi) is 3.97. The van der Waals surface area contributed by atoms with Gasteiger partial charge in [-0.05, 0) is 37.1 Å². The topological polar surface area (TPSA) is 35.6 Å². The Morgan fingerprint density at radius 3 is 2.71 bits per heavy atom. The summed E-state index contributed by atoms with van der Waals surface area (Å²) in [6.45, 7) is 5.85. The van der Waals surface area contributed by atoms with E-state index in [1.54, 1.807) is 0 Å². The molecular weight excluding hydrogens is 284 g/mol. The first-order valence-corrected chi connectivity index (χ1v) is 7.71. The van der Waals surface area contributed by atoms with Gasteiger partial charge in [-0.2, -0.15) is 5.10 Å². The van der Waals surface area contributed by atoms with Crippen molar-refractivity contribution in [1.82, 2.24) is 19.3 Å². The van der Waals surface area contributed by atoms with E-state index in [4.69, 9.17) is 16.6 Å². The fraction of sp³-hybridized carbons (Fsp3) is 0.375. The van der Waals surface area contributed by atoms with E-state index in [1.807, 2.05) is 10.9 Å². The average molecular weight is 303 g/mol. The van der Waals surface area contributed by atoms with E-state index in [-0.39, 0.29) is 0 Å². The third-order valence-electron chi connectivity index (χ3n) is 3.62. The van der Waals surface area contributed by atoms with E-state index < -0.39 is 0 Å². The number of hydrogen-bond donors (Lipinski definition) is 0. The van der Waals surface area contributed by atoms with Crippen LogP contribution >= 0.6 is 11.6 Å². The fourth-order valence-corrected chi connectivity index (χ4v) is 2.77. The second-order valence-corrected chi connectivity index (χ2v) is 5.77. The Labute approximate surface area is 129 Å². The van der Waals surface area contributed by atoms with E-state index in [2.05, 4.69) is 47.9 Å². The number of hydrogen-bond acceptors (Lipinski definition) is 2. The molecule has 2 aromatic heterocycles. The van der Waals surface area contributed by atoms with E-state index >= 15 is 0 Å². The molecule has 0 saturated carbocycles. The Hall–Kier alpha value is -1.81. The van der Waals surface area contributed by atoms with Gasteiger partial charge in [0.2, 0.25) is 0 Å². The summed E-state index contributed by atoms with van der Waals surface area (Å²) in [6.07, 6.45) is 4.73. The molecule has 3 aromatic rings. The number of rotatable bonds is 5. The van der Waals surface area contributed by atoms with Crippen molar-refractivity contribution >= 4 is 22.6 Å². The normalized spacial score (nSPS) is 11.4. The first-order valence-electron chi connectivity index (χ1n) is 7.18. The number of benzene rings is 1. The quantitative estimate of drug-likeness (QED) is 0.678. The highest BCUT2D eigenvalue weighted by Gasteiger charge is 2.10. The monoisotopic (exact) mass is 302 g/mol. The van der Waals surface area contributed by atoms with Crippen molar-refractivity contribution in [2.75, 3.05) is 5.88 Å². The third kappa shape index (κ3) is 2.95. The predicted molar refractivity (Wildman–Crippen MR) is 85.9 cm³/mol. The molecule has 0 atom stereocenters. The van der Waals surface area contributed by atoms with Gasteiger partial charge in [0.1, 0.15) is 5.82 Å². The standard InChI is InChI=1S/C16H19ClN4/c1-12-3-4-14-15(9-12)21(16(19-14)5-6-17)8-7-20-11-13(2)10-18-20/h3-4,9-11H,5-8H2,1-2H3. The molecule has 4 nitrogen and oxygen atoms in total. The van der Waals surface area contributed by atoms with Gasteiger partial charge in [0.05, 0.1) is 23.8 Å². The summed E-state index contributed by atoms with van der Waals surface area (Å²) in [5.41, 5.74) is 4.65. The smallest absolute Gasteiger partial charge is 0.111 e. The highest BCUT2D eigenvalue weighted by molar-refractivity contribution is 6.17. The van der Waals surface area contributed by atoms with Crippen LogP contribution in [0.15, 0.2) is 30.6 Å². The zero-order chi connectivity index (χ0) is 14.8. The number of alkyl halides is 1. The molecule has 21 heavy (non-hydrogen) atoms. The van der Waals surface area contributed by atoms with Crippen LogP contribution in [0.3, 0.4) is 0 Å². The van der Waals surface area contributed by atoms with Crippen LogP contribution in [-0.4, -0.2) is 25.2 Å². The number of nitrogens with zero attached hydrogens (tertiary/aromatic N) is 4. The SMILES string of the molecule is Cc1ccc2nc(CCCl)n(CCn3cc(C)cn3)c2c1. The lowest BCUT2D eigenvalue weighted by Gasteiger charge is -2.09. The van der Waals surface area contributed by atoms with Gasteiger partial charge in [0, 0.05) is 25.0 Å². The van der Waals surface area contributed by atoms with Gasteiger partial charge in [0.25, 0.3) is 0 Å². The van der Waals surface area contributed by atoms with Crippen molar-refractivity contribution in [2.24, 2.45) is 0 Å². The van der Waals surface area contributed by atoms with Crippen molar-refractivity contribution in [3.8, 4) is 0 Å². The van der Waals surface area contributed by atoms with E-state index in [9.17, 15) is 0 Å². The number of aromatic nitrogens is 4. The van der Waals surface area contributed by atoms with Gasteiger partial charge in [-0.25, -0.2) is 4.98 Å². The van der Waals surface area contributed by atoms with Crippen LogP contribution in [0.25, 0.3) is 11.0 Å². The van der Waals surface area contributed by atoms with Crippen molar-refractivity contribution < 1.29 is 0 Å². The minimum absolute atomic E-state index is 0.586. The summed E-state index contributed by atoms with van der Waals surface area (Å²) in [7, 11) is 0. The van der Waals surface area contributed by atoms with Gasteiger partial charge < -0.3 is 4.57 Å². The van der Waals surface area contributed by atoms with E-state index in [0.29, 0.717) is 5.88 Å². The van der Waals surface area contributed by atoms with Crippen LogP contribution in [0.5, 0.6) is 0 Å². The summed E-state index contributed by atoms with van der Waals surface area (Å²) in [6, 6.07) is 6.37. The van der Waals surface area contributed by atoms with Crippen LogP contribution in [0.1, 0.15) is 17.0 Å². The van der Waals surface area contributed by atoms with Crippen molar-refractivity contribution in [3.05, 3.63) is 47.5 Å². The van der Waals surface area contributed by atoms with Crippen LogP contribution in [0.4, 0.5) is 0 Å². The average Bonchev–Trinajstić information content (AvgIpc) is 3.01. The van der Waals surface area contributed by atoms with Gasteiger partial charge in [-0.15, -0.1) is 11.6 Å². The van der Waals surface area contributed by atoms with Crippen molar-refractivity contribution in [1.29, 1.82) is 0 Å². The first-order chi connectivity index (χ1) is 10.2. The molecule has 0 radical (unpaired) electrons. The molecule has 3 rings (SSSR count). The van der Waals surface area contributed by atoms with Gasteiger partial charge in [0.15, 0.2) is 0 Å². The summed E-state index contributed by atoms with van der Waals surface area (Å²) in [5, 5.41) is 4.35. The zero-order valence-corrected chi connectivity index (χ0v) is 13.1. The van der Waals surface area contributed by atoms with Gasteiger partial charge in [-0.3, -0.25) is 4.68 Å². The second-order valence-electron chi connectivity index (χ2n) is 5.39. The van der Waals surface area contributed by atoms with Crippen molar-refractivity contribution in [2.45, 2.75) is 33.4 Å². The van der Waals surface area contributed by atoms with Crippen molar-refractivity contribution in [3.63, 3.8) is 0 Å². The molecule has 5 heteroatoms. The summed E-state index contributed by atoms with van der Waals surface area (Å²) in [4.78, 5) is 4.71. The molecule has 110 valence electrons. The molecule has 0 aliphatic rings. The van der Waals surface area contributed by atoms with Crippen LogP contribution in [-0.2, 0) is 19.5 Å². The number of aryl methyl sites for hydroxylation is 5. The van der Waals surface area contributed by atoms with E-state index in [1.165, 1.54) is 16.6 Å². The molecule has 0 aliphatic carbocycles. The number of imidazole rings is 1. The maximum absolute atomic E-state index is 5.92. The Balaban J connectivity index is 1.94. The molecule has 2 heterocycles. The Bertz CT molecular complexity index is 757. The summed E-state index contributed by atoms with van der Waals surface area (Å²) >= 11 is 5.92. The molecule has 0 aliphatic heterocycles. The van der Waals surface area contributed by atoms with Crippen LogP contribution in [0.2, 0.25) is 0 Å². The molecule has 0 amide bonds. The molecule has 0 bridgehead atoms. The maximum atomic E-state index is 5.92. The largest absolute Gasteiger partial charge is 0.326 e. The molecular formula is C16H19ClN4. The van der Waals surface area contributed by atoms with Gasteiger partial charge >= 0.3 is 0 Å². The second kappa shape index (κ2) is 5.90. The lowest BCUT2D eigenvalue weighted by molar-refractivity contribution is 0.529. The highest BCUT2D eigenvalue weighted by Crippen LogP contribution is 2.19. The number of halogens is 1. The maximum Gasteiger partial charge on any atom is 0.111 e. The minimum atomic E-state index is 0.586. The highest BCUT2D eigenvalue weighted by atomic mass is 35.5. The third-order valence-corrected chi connectivity index (χ3v) is 3.80. The lowest BCUT2D eigenvalue weighted by atomic mass is 10.2. The predicted octanol–water partition coefficient (Wildman–Crippen LogP) is 3.33. The molecule has 0 saturated heterocycles. The summed E-state index contributed by atoms with van der Waals surface area (Å²) < 4.78 is 4.24. The molecule has 1 aromatic carbocycles. The Morgan fingerprint density at radius 1 is 1.14 bits per heavy atom. The molecule has 0 spiro atoms. The van der Waals surface area contributed by atoms with Crippen LogP contribution in [0, 0.1) is 13.8 Å². The molecule has 0 unspecified atom stereocenters. The first kappa shape index (κ1) is 14.1. The fourth-order valence-electron chi connectivity index (χ4n) is 2.60. The molecule has 0 fully saturated rings. The van der Waals surface area contributed by atoms with Crippen LogP contribution < -0.4 is 0 Å². The van der Waals surface area contributed by atoms with Gasteiger partial charge in [-0.1, -0.05) is 6.07 Å². The van der Waals surface area contributed by atoms with E-state index in [0.717, 1.165) is 30.9 Å². The summed E-state index contributed by atoms with van der Waals surface area (Å²) in [5.74, 6) is 1.64. The number of fused-ring (bicyclic) bond motifs is 1. The zero-order valence-electron chi connectivity index (χ0n) is 12.4. The molecule has 0 N–H and O–H groups in total. The Morgan fingerprint density at radius 2 is 2.00 bits per heavy atom.